The van der Waals surface area contributed by atoms with Crippen molar-refractivity contribution in [1.82, 2.24) is 5.32 Å². The highest BCUT2D eigenvalue weighted by Gasteiger charge is 2.41. The van der Waals surface area contributed by atoms with Crippen LogP contribution in [0.4, 0.5) is 0 Å². The minimum atomic E-state index is 0.874. The van der Waals surface area contributed by atoms with Crippen molar-refractivity contribution in [2.24, 2.45) is 11.8 Å². The minimum Gasteiger partial charge on any atom is -0.314 e. The summed E-state index contributed by atoms with van der Waals surface area (Å²) in [5, 5.41) is 3.65. The number of nitrogens with one attached hydrogen (secondary N) is 1. The van der Waals surface area contributed by atoms with Crippen LogP contribution in [0, 0.1) is 11.8 Å². The van der Waals surface area contributed by atoms with Crippen LogP contribution < -0.4 is 5.32 Å². The highest BCUT2D eigenvalue weighted by Crippen LogP contribution is 2.44. The van der Waals surface area contributed by atoms with E-state index < -0.39 is 0 Å². The van der Waals surface area contributed by atoms with Gasteiger partial charge in [0.1, 0.15) is 0 Å². The van der Waals surface area contributed by atoms with Gasteiger partial charge in [0.25, 0.3) is 0 Å². The zero-order chi connectivity index (χ0) is 7.68. The van der Waals surface area contributed by atoms with Crippen molar-refractivity contribution in [1.29, 1.82) is 0 Å². The SMILES string of the molecule is CCCCC1C[C@@H]2C[C@@H]2CN1. The Hall–Kier alpha value is -0.0400. The third-order valence-electron chi connectivity index (χ3n) is 3.23. The van der Waals surface area contributed by atoms with Gasteiger partial charge in [-0.05, 0) is 37.6 Å². The first-order valence-electron chi connectivity index (χ1n) is 5.13. The van der Waals surface area contributed by atoms with E-state index in [0.29, 0.717) is 0 Å². The van der Waals surface area contributed by atoms with Gasteiger partial charge >= 0.3 is 0 Å². The molecule has 1 saturated carbocycles. The average Bonchev–Trinajstić information content (AvgIpc) is 2.78. The van der Waals surface area contributed by atoms with Gasteiger partial charge in [0, 0.05) is 6.04 Å². The van der Waals surface area contributed by atoms with Crippen LogP contribution in [0.25, 0.3) is 0 Å². The van der Waals surface area contributed by atoms with Crippen LogP contribution in [0.15, 0.2) is 0 Å². The summed E-state index contributed by atoms with van der Waals surface area (Å²) in [5.41, 5.74) is 0. The van der Waals surface area contributed by atoms with Crippen LogP contribution in [-0.4, -0.2) is 12.6 Å². The van der Waals surface area contributed by atoms with Crippen LogP contribution in [0.3, 0.4) is 0 Å². The average molecular weight is 153 g/mol. The fourth-order valence-electron chi connectivity index (χ4n) is 2.29. The fraction of sp³-hybridized carbons (Fsp3) is 1.00. The largest absolute Gasteiger partial charge is 0.314 e. The van der Waals surface area contributed by atoms with E-state index in [4.69, 9.17) is 0 Å². The third kappa shape index (κ3) is 1.76. The predicted molar refractivity (Wildman–Crippen MR) is 47.5 cm³/mol. The minimum absolute atomic E-state index is 0.874. The van der Waals surface area contributed by atoms with Gasteiger partial charge in [0.15, 0.2) is 0 Å². The highest BCUT2D eigenvalue weighted by molar-refractivity contribution is 4.95. The summed E-state index contributed by atoms with van der Waals surface area (Å²) < 4.78 is 0. The molecule has 0 amide bonds. The first-order chi connectivity index (χ1) is 5.40. The lowest BCUT2D eigenvalue weighted by Crippen LogP contribution is -2.35. The number of unbranched alkanes of at least 4 members (excludes halogenated alkanes) is 1. The van der Waals surface area contributed by atoms with Crippen molar-refractivity contribution in [3.8, 4) is 0 Å². The number of hydrogen-bond donors (Lipinski definition) is 1. The molecule has 1 aliphatic heterocycles. The van der Waals surface area contributed by atoms with E-state index in [1.165, 1.54) is 38.6 Å². The normalized spacial score (nSPS) is 41.7. The summed E-state index contributed by atoms with van der Waals surface area (Å²) in [5.74, 6) is 2.20. The van der Waals surface area contributed by atoms with E-state index in [2.05, 4.69) is 12.2 Å². The zero-order valence-corrected chi connectivity index (χ0v) is 7.47. The number of piperidine rings is 1. The lowest BCUT2D eigenvalue weighted by molar-refractivity contribution is 0.361. The second-order valence-electron chi connectivity index (χ2n) is 4.24. The number of fused-ring (bicyclic) bond motifs is 1. The van der Waals surface area contributed by atoms with E-state index in [1.807, 2.05) is 0 Å². The molecule has 11 heavy (non-hydrogen) atoms. The molecule has 0 aromatic rings. The lowest BCUT2D eigenvalue weighted by atomic mass is 10.00. The molecule has 2 aliphatic rings. The summed E-state index contributed by atoms with van der Waals surface area (Å²) in [6.07, 6.45) is 7.18. The summed E-state index contributed by atoms with van der Waals surface area (Å²) in [6, 6.07) is 0.874. The first kappa shape index (κ1) is 7.60. The highest BCUT2D eigenvalue weighted by atomic mass is 14.9. The fourth-order valence-corrected chi connectivity index (χ4v) is 2.29. The number of hydrogen-bond acceptors (Lipinski definition) is 1. The summed E-state index contributed by atoms with van der Waals surface area (Å²) in [7, 11) is 0. The van der Waals surface area contributed by atoms with Gasteiger partial charge in [-0.1, -0.05) is 19.8 Å². The van der Waals surface area contributed by atoms with E-state index in [-0.39, 0.29) is 0 Å². The predicted octanol–water partition coefficient (Wildman–Crippen LogP) is 2.17. The molecule has 2 fully saturated rings. The quantitative estimate of drug-likeness (QED) is 0.655. The Balaban J connectivity index is 1.68. The van der Waals surface area contributed by atoms with Crippen molar-refractivity contribution in [3.05, 3.63) is 0 Å². The standard InChI is InChI=1S/C10H19N/c1-2-3-4-10-6-8-5-9(8)7-11-10/h8-11H,2-7H2,1H3/t8-,9+,10?/m0/s1. The Bertz CT molecular complexity index is 133. The zero-order valence-electron chi connectivity index (χ0n) is 7.47. The second kappa shape index (κ2) is 3.14. The van der Waals surface area contributed by atoms with Crippen molar-refractivity contribution in [2.45, 2.75) is 45.1 Å². The number of rotatable bonds is 3. The van der Waals surface area contributed by atoms with Gasteiger partial charge in [-0.2, -0.15) is 0 Å². The maximum Gasteiger partial charge on any atom is 0.00699 e. The molecule has 1 unspecified atom stereocenters. The van der Waals surface area contributed by atoms with E-state index in [9.17, 15) is 0 Å². The van der Waals surface area contributed by atoms with Crippen LogP contribution in [-0.2, 0) is 0 Å². The Kier molecular flexibility index (Phi) is 2.17. The maximum absolute atomic E-state index is 3.65. The molecule has 1 nitrogen and oxygen atoms in total. The monoisotopic (exact) mass is 153 g/mol. The van der Waals surface area contributed by atoms with Gasteiger partial charge in [0.2, 0.25) is 0 Å². The Labute approximate surface area is 69.6 Å². The molecular formula is C10H19N. The molecule has 0 spiro atoms. The molecule has 1 N–H and O–H groups in total. The van der Waals surface area contributed by atoms with Gasteiger partial charge in [-0.15, -0.1) is 0 Å². The van der Waals surface area contributed by atoms with Crippen molar-refractivity contribution in [3.63, 3.8) is 0 Å². The molecule has 0 aromatic carbocycles. The second-order valence-corrected chi connectivity index (χ2v) is 4.24. The molecule has 1 heterocycles. The van der Waals surface area contributed by atoms with Crippen LogP contribution in [0.5, 0.6) is 0 Å². The maximum atomic E-state index is 3.65. The Morgan fingerprint density at radius 1 is 1.27 bits per heavy atom. The molecule has 1 heteroatoms. The van der Waals surface area contributed by atoms with Crippen molar-refractivity contribution < 1.29 is 0 Å². The van der Waals surface area contributed by atoms with Crippen molar-refractivity contribution in [2.75, 3.05) is 6.54 Å². The smallest absolute Gasteiger partial charge is 0.00699 e. The van der Waals surface area contributed by atoms with Gasteiger partial charge < -0.3 is 5.32 Å². The molecule has 64 valence electrons. The Morgan fingerprint density at radius 3 is 2.91 bits per heavy atom. The van der Waals surface area contributed by atoms with Crippen LogP contribution in [0.1, 0.15) is 39.0 Å². The van der Waals surface area contributed by atoms with Gasteiger partial charge in [-0.3, -0.25) is 0 Å². The molecule has 1 saturated heterocycles. The molecule has 0 bridgehead atoms. The first-order valence-corrected chi connectivity index (χ1v) is 5.13. The molecule has 2 rings (SSSR count). The molecule has 1 aliphatic carbocycles. The summed E-state index contributed by atoms with van der Waals surface area (Å²) in [4.78, 5) is 0. The molecule has 0 radical (unpaired) electrons. The summed E-state index contributed by atoms with van der Waals surface area (Å²) >= 11 is 0. The Morgan fingerprint density at radius 2 is 2.18 bits per heavy atom. The van der Waals surface area contributed by atoms with E-state index in [1.54, 1.807) is 0 Å². The lowest BCUT2D eigenvalue weighted by Gasteiger charge is -2.22. The van der Waals surface area contributed by atoms with E-state index in [0.717, 1.165) is 17.9 Å². The summed E-state index contributed by atoms with van der Waals surface area (Å²) in [6.45, 7) is 3.60. The van der Waals surface area contributed by atoms with Crippen LogP contribution in [0.2, 0.25) is 0 Å². The molecule has 3 atom stereocenters. The molecule has 0 aromatic heterocycles. The van der Waals surface area contributed by atoms with Gasteiger partial charge in [-0.25, -0.2) is 0 Å². The van der Waals surface area contributed by atoms with Crippen molar-refractivity contribution >= 4 is 0 Å². The van der Waals surface area contributed by atoms with Crippen LogP contribution >= 0.6 is 0 Å². The van der Waals surface area contributed by atoms with Gasteiger partial charge in [0.05, 0.1) is 0 Å². The molecular weight excluding hydrogens is 134 g/mol. The topological polar surface area (TPSA) is 12.0 Å². The third-order valence-corrected chi connectivity index (χ3v) is 3.23. The van der Waals surface area contributed by atoms with E-state index >= 15 is 0 Å².